The van der Waals surface area contributed by atoms with Crippen molar-refractivity contribution in [2.45, 2.75) is 58.3 Å². The van der Waals surface area contributed by atoms with Crippen molar-refractivity contribution in [1.29, 1.82) is 0 Å². The van der Waals surface area contributed by atoms with Gasteiger partial charge in [-0.25, -0.2) is 0 Å². The van der Waals surface area contributed by atoms with Crippen LogP contribution in [-0.2, 0) is 11.3 Å². The molecule has 4 nitrogen and oxygen atoms in total. The first-order valence-electron chi connectivity index (χ1n) is 7.34. The zero-order chi connectivity index (χ0) is 14.5. The van der Waals surface area contributed by atoms with E-state index in [0.29, 0.717) is 12.6 Å². The van der Waals surface area contributed by atoms with Gasteiger partial charge in [0.25, 0.3) is 0 Å². The van der Waals surface area contributed by atoms with Crippen molar-refractivity contribution in [3.8, 4) is 5.75 Å². The van der Waals surface area contributed by atoms with Gasteiger partial charge in [0.1, 0.15) is 5.75 Å². The van der Waals surface area contributed by atoms with Crippen LogP contribution in [0.3, 0.4) is 0 Å². The minimum absolute atomic E-state index is 0.0785. The Morgan fingerprint density at radius 3 is 2.65 bits per heavy atom. The fraction of sp³-hybridized carbons (Fsp3) is 0.562. The van der Waals surface area contributed by atoms with Gasteiger partial charge in [-0.1, -0.05) is 18.2 Å². The van der Waals surface area contributed by atoms with Crippen LogP contribution in [0.25, 0.3) is 0 Å². The van der Waals surface area contributed by atoms with Crippen molar-refractivity contribution in [2.75, 3.05) is 0 Å². The molecule has 0 heterocycles. The van der Waals surface area contributed by atoms with Crippen LogP contribution < -0.4 is 15.4 Å². The fourth-order valence-corrected chi connectivity index (χ4v) is 1.93. The Balaban J connectivity index is 1.87. The highest BCUT2D eigenvalue weighted by Gasteiger charge is 2.25. The molecule has 1 unspecified atom stereocenters. The molecule has 0 saturated heterocycles. The minimum Gasteiger partial charge on any atom is -0.491 e. The molecule has 1 amide bonds. The Kier molecular flexibility index (Phi) is 5.01. The number of hydrogen-bond donors (Lipinski definition) is 2. The lowest BCUT2D eigenvalue weighted by Gasteiger charge is -2.17. The zero-order valence-electron chi connectivity index (χ0n) is 12.5. The highest BCUT2D eigenvalue weighted by Crippen LogP contribution is 2.20. The Labute approximate surface area is 120 Å². The van der Waals surface area contributed by atoms with E-state index in [-0.39, 0.29) is 18.1 Å². The molecule has 1 aromatic rings. The largest absolute Gasteiger partial charge is 0.491 e. The third-order valence-corrected chi connectivity index (χ3v) is 3.25. The lowest BCUT2D eigenvalue weighted by atomic mass is 10.2. The predicted molar refractivity (Wildman–Crippen MR) is 79.7 cm³/mol. The normalized spacial score (nSPS) is 16.0. The summed E-state index contributed by atoms with van der Waals surface area (Å²) in [7, 11) is 0. The van der Waals surface area contributed by atoms with E-state index in [9.17, 15) is 4.79 Å². The average Bonchev–Trinajstić information content (AvgIpc) is 3.20. The van der Waals surface area contributed by atoms with Crippen LogP contribution in [0.4, 0.5) is 0 Å². The molecule has 1 aliphatic carbocycles. The number of hydrogen-bond acceptors (Lipinski definition) is 3. The number of para-hydroxylation sites is 1. The van der Waals surface area contributed by atoms with Crippen molar-refractivity contribution < 1.29 is 9.53 Å². The lowest BCUT2D eigenvalue weighted by Crippen LogP contribution is -2.42. The third kappa shape index (κ3) is 4.53. The first-order chi connectivity index (χ1) is 9.56. The van der Waals surface area contributed by atoms with Gasteiger partial charge < -0.3 is 15.4 Å². The van der Waals surface area contributed by atoms with Gasteiger partial charge in [0.05, 0.1) is 12.1 Å². The van der Waals surface area contributed by atoms with Gasteiger partial charge in [-0.05, 0) is 39.7 Å². The number of rotatable bonds is 7. The van der Waals surface area contributed by atoms with Gasteiger partial charge >= 0.3 is 0 Å². The molecule has 0 radical (unpaired) electrons. The summed E-state index contributed by atoms with van der Waals surface area (Å²) in [6.07, 6.45) is 2.37. The minimum atomic E-state index is -0.192. The van der Waals surface area contributed by atoms with E-state index >= 15 is 0 Å². The number of nitrogens with one attached hydrogen (secondary N) is 2. The molecule has 20 heavy (non-hydrogen) atoms. The van der Waals surface area contributed by atoms with Crippen LogP contribution in [0.5, 0.6) is 5.75 Å². The molecule has 0 bridgehead atoms. The van der Waals surface area contributed by atoms with Crippen molar-refractivity contribution in [2.24, 2.45) is 0 Å². The highest BCUT2D eigenvalue weighted by molar-refractivity contribution is 5.81. The van der Waals surface area contributed by atoms with Gasteiger partial charge in [0, 0.05) is 18.2 Å². The molecule has 4 heteroatoms. The summed E-state index contributed by atoms with van der Waals surface area (Å²) in [5.74, 6) is 0.958. The van der Waals surface area contributed by atoms with Crippen LogP contribution in [0.2, 0.25) is 0 Å². The number of benzene rings is 1. The van der Waals surface area contributed by atoms with Gasteiger partial charge in [0.2, 0.25) is 5.91 Å². The number of amides is 1. The molecule has 1 fully saturated rings. The Hall–Kier alpha value is -1.55. The summed E-state index contributed by atoms with van der Waals surface area (Å²) in [5, 5.41) is 6.26. The van der Waals surface area contributed by atoms with Crippen LogP contribution in [0, 0.1) is 0 Å². The molecule has 1 aliphatic rings. The summed E-state index contributed by atoms with van der Waals surface area (Å²) in [6.45, 7) is 6.54. The van der Waals surface area contributed by atoms with E-state index in [1.807, 2.05) is 45.0 Å². The molecule has 1 aromatic carbocycles. The number of ether oxygens (including phenoxy) is 1. The first-order valence-corrected chi connectivity index (χ1v) is 7.34. The molecular formula is C16H24N2O2. The summed E-state index contributed by atoms with van der Waals surface area (Å²) < 4.78 is 5.77. The molecule has 0 aliphatic heterocycles. The van der Waals surface area contributed by atoms with Gasteiger partial charge in [-0.15, -0.1) is 0 Å². The van der Waals surface area contributed by atoms with Gasteiger partial charge in [-0.3, -0.25) is 4.79 Å². The molecular weight excluding hydrogens is 252 g/mol. The van der Waals surface area contributed by atoms with Gasteiger partial charge in [0.15, 0.2) is 0 Å². The van der Waals surface area contributed by atoms with E-state index in [0.717, 1.165) is 24.2 Å². The predicted octanol–water partition coefficient (Wildman–Crippen LogP) is 2.23. The standard InChI is InChI=1S/C16H24N2O2/c1-11(2)20-15-7-5-4-6-13(15)10-17-12(3)16(19)18-14-8-9-14/h4-7,11-12,14,17H,8-10H2,1-3H3,(H,18,19). The second-order valence-electron chi connectivity index (χ2n) is 5.66. The first kappa shape index (κ1) is 14.9. The SMILES string of the molecule is CC(C)Oc1ccccc1CNC(C)C(=O)NC1CC1. The van der Waals surface area contributed by atoms with E-state index < -0.39 is 0 Å². The smallest absolute Gasteiger partial charge is 0.237 e. The summed E-state index contributed by atoms with van der Waals surface area (Å²) >= 11 is 0. The molecule has 1 saturated carbocycles. The van der Waals surface area contributed by atoms with Crippen LogP contribution in [0.15, 0.2) is 24.3 Å². The van der Waals surface area contributed by atoms with Crippen molar-refractivity contribution >= 4 is 5.91 Å². The maximum absolute atomic E-state index is 11.9. The average molecular weight is 276 g/mol. The monoisotopic (exact) mass is 276 g/mol. The van der Waals surface area contributed by atoms with E-state index in [1.54, 1.807) is 0 Å². The van der Waals surface area contributed by atoms with Gasteiger partial charge in [-0.2, -0.15) is 0 Å². The molecule has 110 valence electrons. The van der Waals surface area contributed by atoms with E-state index in [4.69, 9.17) is 4.74 Å². The maximum atomic E-state index is 11.9. The Morgan fingerprint density at radius 2 is 2.00 bits per heavy atom. The molecule has 0 spiro atoms. The summed E-state index contributed by atoms with van der Waals surface area (Å²) in [4.78, 5) is 11.9. The zero-order valence-corrected chi connectivity index (χ0v) is 12.5. The fourth-order valence-electron chi connectivity index (χ4n) is 1.93. The van der Waals surface area contributed by atoms with E-state index in [1.165, 1.54) is 0 Å². The molecule has 2 N–H and O–H groups in total. The highest BCUT2D eigenvalue weighted by atomic mass is 16.5. The van der Waals surface area contributed by atoms with Crippen molar-refractivity contribution in [3.05, 3.63) is 29.8 Å². The Morgan fingerprint density at radius 1 is 1.30 bits per heavy atom. The number of carbonyl (C=O) groups is 1. The molecule has 1 atom stereocenters. The second kappa shape index (κ2) is 6.75. The van der Waals surface area contributed by atoms with Crippen LogP contribution in [-0.4, -0.2) is 24.1 Å². The topological polar surface area (TPSA) is 50.4 Å². The van der Waals surface area contributed by atoms with Crippen LogP contribution in [0.1, 0.15) is 39.2 Å². The van der Waals surface area contributed by atoms with Crippen LogP contribution >= 0.6 is 0 Å². The third-order valence-electron chi connectivity index (χ3n) is 3.25. The number of carbonyl (C=O) groups excluding carboxylic acids is 1. The summed E-state index contributed by atoms with van der Waals surface area (Å²) in [6, 6.07) is 8.15. The quantitative estimate of drug-likeness (QED) is 0.803. The van der Waals surface area contributed by atoms with E-state index in [2.05, 4.69) is 10.6 Å². The van der Waals surface area contributed by atoms with Crippen molar-refractivity contribution in [3.63, 3.8) is 0 Å². The Bertz CT molecular complexity index is 456. The molecule has 0 aromatic heterocycles. The molecule has 2 rings (SSSR count). The summed E-state index contributed by atoms with van der Waals surface area (Å²) in [5.41, 5.74) is 1.08. The lowest BCUT2D eigenvalue weighted by molar-refractivity contribution is -0.122. The van der Waals surface area contributed by atoms with Crippen molar-refractivity contribution in [1.82, 2.24) is 10.6 Å². The maximum Gasteiger partial charge on any atom is 0.237 e. The second-order valence-corrected chi connectivity index (χ2v) is 5.66.